The van der Waals surface area contributed by atoms with Gasteiger partial charge in [0.15, 0.2) is 11.4 Å². The first kappa shape index (κ1) is 29.4. The molecule has 0 spiro atoms. The van der Waals surface area contributed by atoms with E-state index in [1.54, 1.807) is 72.8 Å². The molecule has 0 saturated carbocycles. The summed E-state index contributed by atoms with van der Waals surface area (Å²) in [7, 11) is 0. The molecule has 0 aliphatic rings. The summed E-state index contributed by atoms with van der Waals surface area (Å²) in [4.78, 5) is 25.7. The average molecular weight is 517 g/mol. The maximum Gasteiger partial charge on any atom is 0.218 e. The summed E-state index contributed by atoms with van der Waals surface area (Å²) in [5.41, 5.74) is -2.78. The molecule has 5 heteroatoms. The number of benzene rings is 3. The third kappa shape index (κ3) is 5.51. The minimum Gasteiger partial charge on any atom is -0.377 e. The molecule has 0 fully saturated rings. The molecule has 202 valence electrons. The molecule has 3 N–H and O–H groups in total. The van der Waals surface area contributed by atoms with Crippen molar-refractivity contribution in [2.45, 2.75) is 76.1 Å². The Kier molecular flexibility index (Phi) is 9.77. The standard InChI is InChI=1S/C33H40O5/c1-4-5-9-16-27(25(2)34)23-24-31(36,26(3)35)33(37,38)32(28-17-10-6-11-18-28,29-19-12-7-13-20-29)30-21-14-8-15-22-30/h6-8,10-15,17-22,27,36-38H,4-5,9,16,23-24H2,1-3H3/t27-,31-/m0/s1. The van der Waals surface area contributed by atoms with Crippen LogP contribution >= 0.6 is 0 Å². The first-order chi connectivity index (χ1) is 18.1. The Balaban J connectivity index is 2.25. The maximum absolute atomic E-state index is 13.2. The van der Waals surface area contributed by atoms with Crippen LogP contribution in [0.5, 0.6) is 0 Å². The maximum atomic E-state index is 13.2. The Hall–Kier alpha value is -3.12. The molecule has 0 aliphatic heterocycles. The van der Waals surface area contributed by atoms with Crippen LogP contribution in [0.2, 0.25) is 0 Å². The van der Waals surface area contributed by atoms with Gasteiger partial charge in [-0.1, -0.05) is 117 Å². The number of carbonyl (C=O) groups excluding carboxylic acids is 2. The molecular weight excluding hydrogens is 476 g/mol. The summed E-state index contributed by atoms with van der Waals surface area (Å²) in [6.07, 6.45) is 3.34. The Labute approximate surface area is 226 Å². The minimum absolute atomic E-state index is 0.0334. The molecule has 0 aliphatic carbocycles. The highest BCUT2D eigenvalue weighted by Crippen LogP contribution is 2.52. The zero-order valence-electron chi connectivity index (χ0n) is 22.6. The van der Waals surface area contributed by atoms with Crippen LogP contribution in [0.3, 0.4) is 0 Å². The van der Waals surface area contributed by atoms with Crippen molar-refractivity contribution in [2.24, 2.45) is 5.92 Å². The zero-order valence-corrected chi connectivity index (χ0v) is 22.6. The number of rotatable bonds is 14. The summed E-state index contributed by atoms with van der Waals surface area (Å²) in [6, 6.07) is 26.8. The van der Waals surface area contributed by atoms with E-state index in [1.807, 2.05) is 18.2 Å². The highest BCUT2D eigenvalue weighted by molar-refractivity contribution is 5.87. The lowest BCUT2D eigenvalue weighted by molar-refractivity contribution is -0.288. The van der Waals surface area contributed by atoms with E-state index in [-0.39, 0.29) is 24.5 Å². The van der Waals surface area contributed by atoms with Crippen molar-refractivity contribution in [1.29, 1.82) is 0 Å². The van der Waals surface area contributed by atoms with Crippen LogP contribution in [0.1, 0.15) is 76.0 Å². The van der Waals surface area contributed by atoms with Crippen LogP contribution in [-0.2, 0) is 15.0 Å². The topological polar surface area (TPSA) is 94.8 Å². The summed E-state index contributed by atoms with van der Waals surface area (Å²) in [5.74, 6) is -4.18. The van der Waals surface area contributed by atoms with Crippen LogP contribution in [0.15, 0.2) is 91.0 Å². The SMILES string of the molecule is CCCCC[C@@H](CC[C@](O)(C(C)=O)C(O)(O)C(c1ccccc1)(c1ccccc1)c1ccccc1)C(C)=O. The van der Waals surface area contributed by atoms with Gasteiger partial charge in [-0.25, -0.2) is 0 Å². The van der Waals surface area contributed by atoms with Gasteiger partial charge in [0.05, 0.1) is 0 Å². The summed E-state index contributed by atoms with van der Waals surface area (Å²) in [5, 5.41) is 36.8. The summed E-state index contributed by atoms with van der Waals surface area (Å²) in [6.45, 7) is 4.77. The number of aliphatic hydroxyl groups is 3. The number of hydrogen-bond acceptors (Lipinski definition) is 5. The minimum atomic E-state index is -2.99. The largest absolute Gasteiger partial charge is 0.377 e. The first-order valence-electron chi connectivity index (χ1n) is 13.5. The molecule has 38 heavy (non-hydrogen) atoms. The molecule has 5 nitrogen and oxygen atoms in total. The molecule has 2 atom stereocenters. The molecule has 0 amide bonds. The van der Waals surface area contributed by atoms with E-state index < -0.39 is 22.6 Å². The van der Waals surface area contributed by atoms with Crippen molar-refractivity contribution < 1.29 is 24.9 Å². The van der Waals surface area contributed by atoms with Crippen molar-refractivity contribution in [1.82, 2.24) is 0 Å². The van der Waals surface area contributed by atoms with Crippen LogP contribution in [0, 0.1) is 5.92 Å². The number of ketones is 2. The van der Waals surface area contributed by atoms with Crippen molar-refractivity contribution >= 4 is 11.6 Å². The van der Waals surface area contributed by atoms with Gasteiger partial charge in [0, 0.05) is 5.92 Å². The Morgan fingerprint density at radius 1 is 0.684 bits per heavy atom. The second-order valence-corrected chi connectivity index (χ2v) is 10.3. The van der Waals surface area contributed by atoms with E-state index in [0.29, 0.717) is 23.1 Å². The van der Waals surface area contributed by atoms with Gasteiger partial charge in [-0.15, -0.1) is 0 Å². The Morgan fingerprint density at radius 2 is 1.11 bits per heavy atom. The smallest absolute Gasteiger partial charge is 0.218 e. The fraction of sp³-hybridized carbons (Fsp3) is 0.394. The van der Waals surface area contributed by atoms with Gasteiger partial charge in [0.2, 0.25) is 5.79 Å². The molecule has 0 unspecified atom stereocenters. The quantitative estimate of drug-likeness (QED) is 0.148. The van der Waals surface area contributed by atoms with Gasteiger partial charge in [-0.2, -0.15) is 0 Å². The van der Waals surface area contributed by atoms with E-state index in [9.17, 15) is 24.9 Å². The fourth-order valence-electron chi connectivity index (χ4n) is 5.65. The molecule has 0 radical (unpaired) electrons. The Bertz CT molecular complexity index is 1080. The first-order valence-corrected chi connectivity index (χ1v) is 13.5. The lowest BCUT2D eigenvalue weighted by Crippen LogP contribution is -2.69. The number of Topliss-reactive ketones (excluding diaryl/α,β-unsaturated/α-hetero) is 2. The number of carbonyl (C=O) groups is 2. The van der Waals surface area contributed by atoms with Crippen LogP contribution < -0.4 is 0 Å². The van der Waals surface area contributed by atoms with E-state index in [1.165, 1.54) is 13.8 Å². The Morgan fingerprint density at radius 3 is 1.45 bits per heavy atom. The van der Waals surface area contributed by atoms with Gasteiger partial charge in [0.25, 0.3) is 0 Å². The van der Waals surface area contributed by atoms with Gasteiger partial charge in [-0.3, -0.25) is 9.59 Å². The number of unbranched alkanes of at least 4 members (excludes halogenated alkanes) is 2. The zero-order chi connectivity index (χ0) is 27.8. The second-order valence-electron chi connectivity index (χ2n) is 10.3. The highest BCUT2D eigenvalue weighted by atomic mass is 16.5. The lowest BCUT2D eigenvalue weighted by atomic mass is 9.58. The van der Waals surface area contributed by atoms with E-state index >= 15 is 0 Å². The van der Waals surface area contributed by atoms with Crippen molar-refractivity contribution in [3.05, 3.63) is 108 Å². The normalized spacial score (nSPS) is 14.5. The summed E-state index contributed by atoms with van der Waals surface area (Å²) >= 11 is 0. The van der Waals surface area contributed by atoms with E-state index in [2.05, 4.69) is 6.92 Å². The number of hydrogen-bond donors (Lipinski definition) is 3. The molecule has 0 aromatic heterocycles. The van der Waals surface area contributed by atoms with Crippen LogP contribution in [0.25, 0.3) is 0 Å². The molecule has 0 saturated heterocycles. The average Bonchev–Trinajstić information content (AvgIpc) is 2.92. The molecular formula is C33H40O5. The molecule has 3 aromatic rings. The molecule has 3 aromatic carbocycles. The molecule has 3 rings (SSSR count). The second kappa shape index (κ2) is 12.6. The van der Waals surface area contributed by atoms with E-state index in [0.717, 1.165) is 19.3 Å². The third-order valence-corrected chi connectivity index (χ3v) is 7.89. The van der Waals surface area contributed by atoms with Crippen molar-refractivity contribution in [2.75, 3.05) is 0 Å². The fourth-order valence-corrected chi connectivity index (χ4v) is 5.65. The predicted octanol–water partition coefficient (Wildman–Crippen LogP) is 5.59. The highest BCUT2D eigenvalue weighted by Gasteiger charge is 2.65. The van der Waals surface area contributed by atoms with Gasteiger partial charge < -0.3 is 15.3 Å². The van der Waals surface area contributed by atoms with Crippen molar-refractivity contribution in [3.8, 4) is 0 Å². The van der Waals surface area contributed by atoms with Crippen LogP contribution in [0.4, 0.5) is 0 Å². The van der Waals surface area contributed by atoms with Gasteiger partial charge in [-0.05, 0) is 49.8 Å². The molecule has 0 bridgehead atoms. The summed E-state index contributed by atoms with van der Waals surface area (Å²) < 4.78 is 0. The third-order valence-electron chi connectivity index (χ3n) is 7.89. The molecule has 0 heterocycles. The monoisotopic (exact) mass is 516 g/mol. The van der Waals surface area contributed by atoms with Crippen LogP contribution in [-0.4, -0.2) is 38.3 Å². The van der Waals surface area contributed by atoms with Gasteiger partial charge >= 0.3 is 0 Å². The predicted molar refractivity (Wildman–Crippen MR) is 150 cm³/mol. The van der Waals surface area contributed by atoms with Crippen molar-refractivity contribution in [3.63, 3.8) is 0 Å². The van der Waals surface area contributed by atoms with Gasteiger partial charge in [0.1, 0.15) is 11.2 Å². The lowest BCUT2D eigenvalue weighted by Gasteiger charge is -2.52. The van der Waals surface area contributed by atoms with E-state index in [4.69, 9.17) is 0 Å².